The lowest BCUT2D eigenvalue weighted by atomic mass is 9.97. The molecule has 2 aliphatic rings. The number of ether oxygens (including phenoxy) is 4. The quantitative estimate of drug-likeness (QED) is 0.129. The zero-order chi connectivity index (χ0) is 32.2. The van der Waals surface area contributed by atoms with Crippen LogP contribution in [-0.4, -0.2) is 58.1 Å². The number of rotatable bonds is 10. The van der Waals surface area contributed by atoms with Crippen LogP contribution >= 0.6 is 0 Å². The first-order valence-electron chi connectivity index (χ1n) is 16.6. The molecular formula is C38H41N3O6. The normalized spacial score (nSPS) is 17.3. The number of nitrogens with zero attached hydrogens (tertiary/aromatic N) is 3. The lowest BCUT2D eigenvalue weighted by Gasteiger charge is -2.22. The maximum absolute atomic E-state index is 13.0. The lowest BCUT2D eigenvalue weighted by molar-refractivity contribution is -0.161. The molecule has 2 aromatic heterocycles. The van der Waals surface area contributed by atoms with Crippen LogP contribution in [0, 0.1) is 0 Å². The highest BCUT2D eigenvalue weighted by atomic mass is 16.7. The zero-order valence-electron chi connectivity index (χ0n) is 26.8. The van der Waals surface area contributed by atoms with E-state index in [1.54, 1.807) is 0 Å². The predicted molar refractivity (Wildman–Crippen MR) is 181 cm³/mol. The minimum Gasteiger partial charge on any atom is -0.493 e. The molecule has 0 amide bonds. The van der Waals surface area contributed by atoms with Gasteiger partial charge in [0.05, 0.1) is 43.3 Å². The third kappa shape index (κ3) is 6.43. The van der Waals surface area contributed by atoms with Gasteiger partial charge in [0.2, 0.25) is 0 Å². The summed E-state index contributed by atoms with van der Waals surface area (Å²) >= 11 is 0. The molecule has 7 rings (SSSR count). The first-order chi connectivity index (χ1) is 23.1. The second-order valence-electron chi connectivity index (χ2n) is 12.2. The number of benzene rings is 3. The molecule has 9 heteroatoms. The van der Waals surface area contributed by atoms with Gasteiger partial charge in [0.25, 0.3) is 0 Å². The van der Waals surface area contributed by atoms with E-state index in [9.17, 15) is 9.90 Å². The monoisotopic (exact) mass is 635 g/mol. The Morgan fingerprint density at radius 2 is 1.85 bits per heavy atom. The minimum atomic E-state index is -0.941. The average molecular weight is 636 g/mol. The van der Waals surface area contributed by atoms with Crippen molar-refractivity contribution in [1.29, 1.82) is 0 Å². The molecule has 9 nitrogen and oxygen atoms in total. The molecule has 4 heterocycles. The van der Waals surface area contributed by atoms with Gasteiger partial charge in [0.1, 0.15) is 11.4 Å². The molecule has 0 bridgehead atoms. The standard InChI is InChI=1S/C38H41N3O6/c1-40-32-25-44-21-7-5-20-41-36-28(14-9-15-30(36)35(32)31(39-40)19-24-47-34-18-4-6-22-46-34)29(37(41)38(42)43)16-10-23-45-33-17-8-12-26-11-2-3-13-27(26)33/h2-3,5,7-9,11-15,17,34H,4,6,10,16,18-25H2,1H3,(H,42,43)/b7-5-. The fraction of sp³-hybridized carbons (Fsp3) is 0.368. The number of hydrogen-bond acceptors (Lipinski definition) is 6. The van der Waals surface area contributed by atoms with Crippen LogP contribution in [-0.2, 0) is 47.3 Å². The van der Waals surface area contributed by atoms with E-state index in [0.29, 0.717) is 57.9 Å². The molecular weight excluding hydrogens is 594 g/mol. The summed E-state index contributed by atoms with van der Waals surface area (Å²) in [6, 6.07) is 20.4. The predicted octanol–water partition coefficient (Wildman–Crippen LogP) is 7.08. The van der Waals surface area contributed by atoms with Gasteiger partial charge >= 0.3 is 5.97 Å². The molecule has 0 spiro atoms. The Morgan fingerprint density at radius 3 is 2.72 bits per heavy atom. The summed E-state index contributed by atoms with van der Waals surface area (Å²) in [6.45, 7) is 2.91. The van der Waals surface area contributed by atoms with E-state index >= 15 is 0 Å². The molecule has 0 radical (unpaired) electrons. The fourth-order valence-electron chi connectivity index (χ4n) is 6.99. The van der Waals surface area contributed by atoms with Gasteiger partial charge < -0.3 is 28.6 Å². The van der Waals surface area contributed by atoms with Crippen molar-refractivity contribution in [3.63, 3.8) is 0 Å². The van der Waals surface area contributed by atoms with Gasteiger partial charge in [-0.25, -0.2) is 4.79 Å². The number of carboxylic acid groups (broad SMARTS) is 1. The van der Waals surface area contributed by atoms with Crippen molar-refractivity contribution < 1.29 is 28.8 Å². The Morgan fingerprint density at radius 1 is 1.00 bits per heavy atom. The topological polar surface area (TPSA) is 97.0 Å². The van der Waals surface area contributed by atoms with Crippen LogP contribution in [0.4, 0.5) is 0 Å². The van der Waals surface area contributed by atoms with E-state index in [1.165, 1.54) is 0 Å². The van der Waals surface area contributed by atoms with Gasteiger partial charge in [-0.05, 0) is 49.1 Å². The second kappa shape index (κ2) is 14.1. The number of allylic oxidation sites excluding steroid dienone is 1. The molecule has 1 atom stereocenters. The number of aromatic nitrogens is 3. The van der Waals surface area contributed by atoms with Gasteiger partial charge in [-0.1, -0.05) is 66.7 Å². The number of hydrogen-bond donors (Lipinski definition) is 1. The highest BCUT2D eigenvalue weighted by Crippen LogP contribution is 2.39. The fourth-order valence-corrected chi connectivity index (χ4v) is 6.99. The van der Waals surface area contributed by atoms with E-state index in [-0.39, 0.29) is 6.29 Å². The largest absolute Gasteiger partial charge is 0.493 e. The molecule has 0 aliphatic carbocycles. The van der Waals surface area contributed by atoms with Crippen molar-refractivity contribution in [1.82, 2.24) is 14.3 Å². The van der Waals surface area contributed by atoms with Gasteiger partial charge in [0.15, 0.2) is 6.29 Å². The highest BCUT2D eigenvalue weighted by molar-refractivity contribution is 6.04. The number of fused-ring (bicyclic) bond motifs is 3. The van der Waals surface area contributed by atoms with Crippen molar-refractivity contribution in [2.75, 3.05) is 26.4 Å². The Kier molecular flexibility index (Phi) is 9.37. The van der Waals surface area contributed by atoms with Crippen LogP contribution in [0.1, 0.15) is 53.1 Å². The van der Waals surface area contributed by atoms with Crippen molar-refractivity contribution in [3.8, 4) is 16.9 Å². The molecule has 1 fully saturated rings. The van der Waals surface area contributed by atoms with E-state index in [0.717, 1.165) is 81.4 Å². The van der Waals surface area contributed by atoms with Crippen LogP contribution in [0.15, 0.2) is 72.8 Å². The molecule has 0 saturated carbocycles. The number of carboxylic acids is 1. The number of aromatic carboxylic acids is 1. The van der Waals surface area contributed by atoms with Gasteiger partial charge in [-0.3, -0.25) is 4.68 Å². The summed E-state index contributed by atoms with van der Waals surface area (Å²) in [5.74, 6) is -0.104. The molecule has 1 N–H and O–H groups in total. The second-order valence-corrected chi connectivity index (χ2v) is 12.2. The number of carbonyl (C=O) groups is 1. The van der Waals surface area contributed by atoms with Crippen LogP contribution in [0.2, 0.25) is 0 Å². The first kappa shape index (κ1) is 31.2. The summed E-state index contributed by atoms with van der Waals surface area (Å²) < 4.78 is 28.0. The van der Waals surface area contributed by atoms with Gasteiger partial charge in [-0.15, -0.1) is 0 Å². The third-order valence-electron chi connectivity index (χ3n) is 9.16. The Hall–Kier alpha value is -4.44. The van der Waals surface area contributed by atoms with Crippen molar-refractivity contribution in [2.45, 2.75) is 58.0 Å². The highest BCUT2D eigenvalue weighted by Gasteiger charge is 2.27. The maximum Gasteiger partial charge on any atom is 0.352 e. The molecule has 1 unspecified atom stereocenters. The Bertz CT molecular complexity index is 1910. The smallest absolute Gasteiger partial charge is 0.352 e. The zero-order valence-corrected chi connectivity index (χ0v) is 26.8. The van der Waals surface area contributed by atoms with E-state index in [4.69, 9.17) is 24.0 Å². The van der Waals surface area contributed by atoms with E-state index in [2.05, 4.69) is 24.3 Å². The van der Waals surface area contributed by atoms with Crippen molar-refractivity contribution in [3.05, 3.63) is 95.5 Å². The third-order valence-corrected chi connectivity index (χ3v) is 9.16. The minimum absolute atomic E-state index is 0.176. The van der Waals surface area contributed by atoms with E-state index in [1.807, 2.05) is 64.8 Å². The molecule has 5 aromatic rings. The molecule has 244 valence electrons. The Labute approximate surface area is 274 Å². The number of para-hydroxylation sites is 1. The van der Waals surface area contributed by atoms with Crippen molar-refractivity contribution >= 4 is 27.6 Å². The molecule has 2 aliphatic heterocycles. The van der Waals surface area contributed by atoms with Crippen LogP contribution in [0.25, 0.3) is 32.8 Å². The lowest BCUT2D eigenvalue weighted by Crippen LogP contribution is -2.23. The summed E-state index contributed by atoms with van der Waals surface area (Å²) in [5, 5.41) is 18.7. The van der Waals surface area contributed by atoms with E-state index < -0.39 is 5.97 Å². The van der Waals surface area contributed by atoms with Gasteiger partial charge in [0, 0.05) is 48.5 Å². The Balaban J connectivity index is 1.24. The summed E-state index contributed by atoms with van der Waals surface area (Å²) in [5.41, 5.74) is 5.81. The van der Waals surface area contributed by atoms with Crippen LogP contribution < -0.4 is 4.74 Å². The summed E-state index contributed by atoms with van der Waals surface area (Å²) in [6.07, 6.45) is 8.69. The first-order valence-corrected chi connectivity index (χ1v) is 16.6. The average Bonchev–Trinajstić information content (AvgIpc) is 3.57. The summed E-state index contributed by atoms with van der Waals surface area (Å²) in [4.78, 5) is 13.0. The summed E-state index contributed by atoms with van der Waals surface area (Å²) in [7, 11) is 1.94. The van der Waals surface area contributed by atoms with Crippen molar-refractivity contribution in [2.24, 2.45) is 7.05 Å². The number of aryl methyl sites for hydroxylation is 2. The van der Waals surface area contributed by atoms with Gasteiger partial charge in [-0.2, -0.15) is 5.10 Å². The molecule has 1 saturated heterocycles. The maximum atomic E-state index is 13.0. The molecule has 47 heavy (non-hydrogen) atoms. The van der Waals surface area contributed by atoms with Crippen LogP contribution in [0.5, 0.6) is 5.75 Å². The molecule has 3 aromatic carbocycles. The SMILES string of the molecule is Cn1nc(CCOC2CCCCO2)c2c1COC/C=C\Cn1c(C(=O)O)c(CCCOc3cccc4ccccc34)c3cccc-2c31. The van der Waals surface area contributed by atoms with Crippen LogP contribution in [0.3, 0.4) is 0 Å².